The van der Waals surface area contributed by atoms with E-state index >= 15 is 0 Å². The summed E-state index contributed by atoms with van der Waals surface area (Å²) in [5, 5.41) is 85.0. The minimum absolute atomic E-state index is 0.562. The van der Waals surface area contributed by atoms with E-state index in [1.165, 1.54) is 19.1 Å². The van der Waals surface area contributed by atoms with Gasteiger partial charge in [0, 0.05) is 12.2 Å². The van der Waals surface area contributed by atoms with Gasteiger partial charge in [-0.15, -0.1) is 0 Å². The Morgan fingerprint density at radius 3 is 1.68 bits per heavy atom. The number of carbonyl (C=O) groups excluding carboxylic acids is 2. The molecule has 3 fully saturated rings. The zero-order chi connectivity index (χ0) is 38.2. The van der Waals surface area contributed by atoms with Crippen molar-refractivity contribution in [3.63, 3.8) is 0 Å². The Morgan fingerprint density at radius 1 is 0.585 bits per heavy atom. The Bertz CT molecular complexity index is 1520. The molecule has 0 aromatic heterocycles. The SMILES string of the molecule is CC1OC(OCC2OC(OC(=O)C=Cc3ccccc3)C(O)C(O)C2O)C(O)C(OC2OC(COC(=O)C=Cc3ccccc3)C(O)C(O)C2O)C1O. The summed E-state index contributed by atoms with van der Waals surface area (Å²) in [5.74, 6) is -1.70. The van der Waals surface area contributed by atoms with Crippen LogP contribution in [-0.2, 0) is 42.7 Å². The van der Waals surface area contributed by atoms with E-state index in [1.54, 1.807) is 54.6 Å². The molecule has 0 bridgehead atoms. The van der Waals surface area contributed by atoms with E-state index in [0.29, 0.717) is 5.56 Å². The van der Waals surface area contributed by atoms with Crippen molar-refractivity contribution in [3.05, 3.63) is 83.9 Å². The Morgan fingerprint density at radius 2 is 1.09 bits per heavy atom. The van der Waals surface area contributed by atoms with Crippen LogP contribution < -0.4 is 0 Å². The zero-order valence-electron chi connectivity index (χ0n) is 28.4. The zero-order valence-corrected chi connectivity index (χ0v) is 28.4. The first-order chi connectivity index (χ1) is 25.3. The highest BCUT2D eigenvalue weighted by atomic mass is 16.8. The van der Waals surface area contributed by atoms with Crippen LogP contribution in [0.1, 0.15) is 18.1 Å². The molecule has 8 N–H and O–H groups in total. The van der Waals surface area contributed by atoms with Gasteiger partial charge in [-0.25, -0.2) is 9.59 Å². The summed E-state index contributed by atoms with van der Waals surface area (Å²) >= 11 is 0. The molecule has 0 amide bonds. The second-order valence-electron chi connectivity index (χ2n) is 12.7. The summed E-state index contributed by atoms with van der Waals surface area (Å²) in [6, 6.07) is 17.7. The minimum atomic E-state index is -1.88. The summed E-state index contributed by atoms with van der Waals surface area (Å²) in [7, 11) is 0. The molecule has 53 heavy (non-hydrogen) atoms. The van der Waals surface area contributed by atoms with Crippen LogP contribution in [0.15, 0.2) is 72.8 Å². The molecule has 3 aliphatic heterocycles. The van der Waals surface area contributed by atoms with E-state index in [1.807, 2.05) is 6.07 Å². The van der Waals surface area contributed by atoms with Crippen LogP contribution in [0.4, 0.5) is 0 Å². The summed E-state index contributed by atoms with van der Waals surface area (Å²) < 4.78 is 38.4. The summed E-state index contributed by atoms with van der Waals surface area (Å²) in [6.07, 6.45) is -19.6. The van der Waals surface area contributed by atoms with E-state index < -0.39 is 117 Å². The molecule has 0 radical (unpaired) electrons. The predicted molar refractivity (Wildman–Crippen MR) is 179 cm³/mol. The van der Waals surface area contributed by atoms with E-state index in [2.05, 4.69) is 0 Å². The Labute approximate surface area is 303 Å². The molecule has 3 heterocycles. The number of carbonyl (C=O) groups is 2. The number of esters is 2. The summed E-state index contributed by atoms with van der Waals surface area (Å²) in [6.45, 7) is 0.249. The van der Waals surface area contributed by atoms with Gasteiger partial charge in [0.05, 0.1) is 12.7 Å². The topological polar surface area (TPSA) is 261 Å². The average molecular weight is 749 g/mol. The van der Waals surface area contributed by atoms with Gasteiger partial charge < -0.3 is 74.0 Å². The largest absolute Gasteiger partial charge is 0.460 e. The summed E-state index contributed by atoms with van der Waals surface area (Å²) in [5.41, 5.74) is 1.42. The molecule has 0 aliphatic carbocycles. The fraction of sp³-hybridized carbons (Fsp3) is 0.500. The van der Waals surface area contributed by atoms with Gasteiger partial charge in [0.2, 0.25) is 6.29 Å². The third-order valence-electron chi connectivity index (χ3n) is 8.88. The monoisotopic (exact) mass is 748 g/mol. The first-order valence-electron chi connectivity index (χ1n) is 16.9. The third kappa shape index (κ3) is 10.3. The Hall–Kier alpha value is -3.66. The first kappa shape index (κ1) is 40.5. The molecule has 3 saturated heterocycles. The molecular weight excluding hydrogens is 704 g/mol. The van der Waals surface area contributed by atoms with Gasteiger partial charge in [0.15, 0.2) is 12.6 Å². The smallest absolute Gasteiger partial charge is 0.333 e. The molecule has 15 atom stereocenters. The highest BCUT2D eigenvalue weighted by molar-refractivity contribution is 5.87. The fourth-order valence-electron chi connectivity index (χ4n) is 5.78. The lowest BCUT2D eigenvalue weighted by molar-refractivity contribution is -0.362. The Balaban J connectivity index is 1.17. The number of hydrogen-bond acceptors (Lipinski definition) is 17. The molecule has 15 unspecified atom stereocenters. The average Bonchev–Trinajstić information content (AvgIpc) is 3.16. The van der Waals surface area contributed by atoms with E-state index in [4.69, 9.17) is 33.2 Å². The van der Waals surface area contributed by atoms with Gasteiger partial charge in [-0.1, -0.05) is 60.7 Å². The maximum Gasteiger partial charge on any atom is 0.333 e. The molecule has 0 saturated carbocycles. The van der Waals surface area contributed by atoms with Crippen molar-refractivity contribution in [2.45, 2.75) is 99.0 Å². The Kier molecular flexibility index (Phi) is 14.2. The lowest BCUT2D eigenvalue weighted by Crippen LogP contribution is -2.64. The van der Waals surface area contributed by atoms with Gasteiger partial charge in [-0.2, -0.15) is 0 Å². The maximum atomic E-state index is 12.4. The van der Waals surface area contributed by atoms with Crippen LogP contribution in [-0.4, -0.2) is 158 Å². The van der Waals surface area contributed by atoms with Gasteiger partial charge >= 0.3 is 11.9 Å². The highest BCUT2D eigenvalue weighted by Gasteiger charge is 2.51. The number of aliphatic hydroxyl groups excluding tert-OH is 8. The fourth-order valence-corrected chi connectivity index (χ4v) is 5.78. The molecule has 17 nitrogen and oxygen atoms in total. The highest BCUT2D eigenvalue weighted by Crippen LogP contribution is 2.31. The lowest BCUT2D eigenvalue weighted by atomic mass is 9.97. The molecule has 5 rings (SSSR count). The normalized spacial score (nSPS) is 37.8. The molecule has 290 valence electrons. The molecule has 3 aliphatic rings. The van der Waals surface area contributed by atoms with Crippen molar-refractivity contribution in [1.29, 1.82) is 0 Å². The van der Waals surface area contributed by atoms with Gasteiger partial charge in [-0.05, 0) is 30.2 Å². The third-order valence-corrected chi connectivity index (χ3v) is 8.88. The molecular formula is C36H44O17. The van der Waals surface area contributed by atoms with Crippen LogP contribution in [0.5, 0.6) is 0 Å². The van der Waals surface area contributed by atoms with Crippen LogP contribution in [0.25, 0.3) is 12.2 Å². The van der Waals surface area contributed by atoms with E-state index in [0.717, 1.165) is 17.7 Å². The van der Waals surface area contributed by atoms with E-state index in [9.17, 15) is 50.4 Å². The van der Waals surface area contributed by atoms with Crippen molar-refractivity contribution in [3.8, 4) is 0 Å². The van der Waals surface area contributed by atoms with Crippen LogP contribution >= 0.6 is 0 Å². The van der Waals surface area contributed by atoms with E-state index in [-0.39, 0.29) is 0 Å². The van der Waals surface area contributed by atoms with Crippen molar-refractivity contribution < 1.29 is 83.6 Å². The molecule has 17 heteroatoms. The maximum absolute atomic E-state index is 12.4. The molecule has 2 aromatic carbocycles. The number of ether oxygens (including phenoxy) is 7. The number of rotatable bonds is 12. The van der Waals surface area contributed by atoms with Crippen LogP contribution in [0.2, 0.25) is 0 Å². The molecule has 2 aromatic rings. The second kappa shape index (κ2) is 18.6. The number of aliphatic hydroxyl groups is 8. The van der Waals surface area contributed by atoms with Crippen molar-refractivity contribution in [1.82, 2.24) is 0 Å². The quantitative estimate of drug-likeness (QED) is 0.0861. The number of benzene rings is 2. The van der Waals surface area contributed by atoms with Crippen molar-refractivity contribution >= 4 is 24.1 Å². The van der Waals surface area contributed by atoms with Crippen LogP contribution in [0.3, 0.4) is 0 Å². The first-order valence-corrected chi connectivity index (χ1v) is 16.9. The second-order valence-corrected chi connectivity index (χ2v) is 12.7. The van der Waals surface area contributed by atoms with Gasteiger partial charge in [0.1, 0.15) is 73.8 Å². The van der Waals surface area contributed by atoms with Crippen LogP contribution in [0, 0.1) is 0 Å². The van der Waals surface area contributed by atoms with Crippen molar-refractivity contribution in [2.75, 3.05) is 13.2 Å². The van der Waals surface area contributed by atoms with Gasteiger partial charge in [0.25, 0.3) is 0 Å². The van der Waals surface area contributed by atoms with Crippen molar-refractivity contribution in [2.24, 2.45) is 0 Å². The lowest BCUT2D eigenvalue weighted by Gasteiger charge is -2.46. The van der Waals surface area contributed by atoms with Gasteiger partial charge in [-0.3, -0.25) is 0 Å². The number of hydrogen-bond donors (Lipinski definition) is 8. The standard InChI is InChI=1S/C36H44O17/c1-18-25(39)33(53-36-31(45)29(43)26(40)21(51-36)16-47-23(37)14-12-19-8-4-2-5-9-19)32(46)34(49-18)48-17-22-27(41)28(42)30(44)35(50-22)52-24(38)15-13-20-10-6-3-7-11-20/h2-15,18,21-22,25-36,39-46H,16-17H2,1H3. The predicted octanol–water partition coefficient (Wildman–Crippen LogP) is -2.02. The minimum Gasteiger partial charge on any atom is -0.460 e. The summed E-state index contributed by atoms with van der Waals surface area (Å²) in [4.78, 5) is 24.7. The molecule has 0 spiro atoms.